The van der Waals surface area contributed by atoms with E-state index >= 15 is 0 Å². The summed E-state index contributed by atoms with van der Waals surface area (Å²) in [4.78, 5) is 0. The second kappa shape index (κ2) is 2.20. The fraction of sp³-hybridized carbons (Fsp3) is 0.143. The molecular weight excluding hydrogens is 166 g/mol. The average molecular weight is 172 g/mol. The summed E-state index contributed by atoms with van der Waals surface area (Å²) in [6.07, 6.45) is 0. The maximum absolute atomic E-state index is 5.79. The Morgan fingerprint density at radius 3 is 3.00 bits per heavy atom. The molecule has 3 nitrogen and oxygen atoms in total. The quantitative estimate of drug-likeness (QED) is 0.604. The molecule has 0 unspecified atom stereocenters. The fourth-order valence-corrected chi connectivity index (χ4v) is 1.26. The van der Waals surface area contributed by atoms with Gasteiger partial charge in [0.25, 0.3) is 0 Å². The van der Waals surface area contributed by atoms with Gasteiger partial charge in [0.15, 0.2) is 11.5 Å². The van der Waals surface area contributed by atoms with E-state index in [2.05, 4.69) is 0 Å². The molecule has 0 radical (unpaired) electrons. The molecule has 11 heavy (non-hydrogen) atoms. The molecule has 0 aliphatic carbocycles. The number of nitrogens with two attached hydrogens (primary N) is 1. The minimum atomic E-state index is 0.221. The Balaban J connectivity index is 2.60. The summed E-state index contributed by atoms with van der Waals surface area (Å²) >= 11 is 5.79. The van der Waals surface area contributed by atoms with Gasteiger partial charge in [0.1, 0.15) is 0 Å². The molecule has 1 aromatic carbocycles. The topological polar surface area (TPSA) is 44.5 Å². The van der Waals surface area contributed by atoms with E-state index in [0.29, 0.717) is 22.2 Å². The van der Waals surface area contributed by atoms with Gasteiger partial charge < -0.3 is 15.2 Å². The van der Waals surface area contributed by atoms with Crippen LogP contribution in [0.2, 0.25) is 5.02 Å². The molecule has 0 saturated heterocycles. The van der Waals surface area contributed by atoms with Gasteiger partial charge in [-0.2, -0.15) is 0 Å². The molecule has 1 aromatic rings. The van der Waals surface area contributed by atoms with E-state index in [1.807, 2.05) is 0 Å². The Kier molecular flexibility index (Phi) is 1.32. The van der Waals surface area contributed by atoms with Gasteiger partial charge in [0.05, 0.1) is 5.02 Å². The molecule has 1 aliphatic rings. The third-order valence-electron chi connectivity index (χ3n) is 1.45. The van der Waals surface area contributed by atoms with Crippen LogP contribution in [0, 0.1) is 0 Å². The van der Waals surface area contributed by atoms with Gasteiger partial charge in [-0.1, -0.05) is 11.6 Å². The minimum absolute atomic E-state index is 0.221. The van der Waals surface area contributed by atoms with E-state index in [-0.39, 0.29) is 6.79 Å². The zero-order valence-corrected chi connectivity index (χ0v) is 6.39. The summed E-state index contributed by atoms with van der Waals surface area (Å²) < 4.78 is 10.1. The van der Waals surface area contributed by atoms with Gasteiger partial charge in [0, 0.05) is 11.8 Å². The zero-order valence-electron chi connectivity index (χ0n) is 5.63. The highest BCUT2D eigenvalue weighted by atomic mass is 35.5. The van der Waals surface area contributed by atoms with Crippen LogP contribution in [0.1, 0.15) is 0 Å². The van der Waals surface area contributed by atoms with E-state index < -0.39 is 0 Å². The first-order valence-electron chi connectivity index (χ1n) is 3.12. The monoisotopic (exact) mass is 171 g/mol. The largest absolute Gasteiger partial charge is 0.453 e. The molecule has 0 saturated carbocycles. The Labute approximate surface area is 68.7 Å². The number of benzene rings is 1. The fourth-order valence-electron chi connectivity index (χ4n) is 0.987. The number of anilines is 1. The predicted octanol–water partition coefficient (Wildman–Crippen LogP) is 1.65. The number of halogens is 1. The summed E-state index contributed by atoms with van der Waals surface area (Å²) in [5, 5.41) is 0.498. The number of fused-ring (bicyclic) bond motifs is 1. The average Bonchev–Trinajstić information content (AvgIpc) is 2.34. The molecule has 0 fully saturated rings. The first kappa shape index (κ1) is 6.61. The second-order valence-corrected chi connectivity index (χ2v) is 2.64. The van der Waals surface area contributed by atoms with Crippen molar-refractivity contribution in [3.05, 3.63) is 17.2 Å². The van der Waals surface area contributed by atoms with Crippen LogP contribution in [-0.2, 0) is 0 Å². The third kappa shape index (κ3) is 0.973. The van der Waals surface area contributed by atoms with Crippen molar-refractivity contribution in [1.29, 1.82) is 0 Å². The lowest BCUT2D eigenvalue weighted by Gasteiger charge is -1.99. The van der Waals surface area contributed by atoms with Gasteiger partial charge in [0.2, 0.25) is 6.79 Å². The van der Waals surface area contributed by atoms with Crippen molar-refractivity contribution in [2.45, 2.75) is 0 Å². The number of nitrogen functional groups attached to an aromatic ring is 1. The number of ether oxygens (including phenoxy) is 2. The van der Waals surface area contributed by atoms with Crippen molar-refractivity contribution in [3.63, 3.8) is 0 Å². The van der Waals surface area contributed by atoms with Gasteiger partial charge in [-0.15, -0.1) is 0 Å². The van der Waals surface area contributed by atoms with Crippen LogP contribution in [0.5, 0.6) is 11.5 Å². The highest BCUT2D eigenvalue weighted by molar-refractivity contribution is 6.32. The molecule has 2 rings (SSSR count). The Morgan fingerprint density at radius 2 is 2.18 bits per heavy atom. The molecule has 0 spiro atoms. The SMILES string of the molecule is Nc1cc(Cl)c2c(c1)OCO2. The van der Waals surface area contributed by atoms with Crippen LogP contribution in [0.3, 0.4) is 0 Å². The minimum Gasteiger partial charge on any atom is -0.453 e. The molecule has 1 heterocycles. The number of hydrogen-bond acceptors (Lipinski definition) is 3. The van der Waals surface area contributed by atoms with E-state index in [4.69, 9.17) is 26.8 Å². The van der Waals surface area contributed by atoms with Crippen molar-refractivity contribution >= 4 is 17.3 Å². The Bertz CT molecular complexity index is 301. The lowest BCUT2D eigenvalue weighted by molar-refractivity contribution is 0.174. The first-order valence-corrected chi connectivity index (χ1v) is 3.50. The molecule has 0 atom stereocenters. The summed E-state index contributed by atoms with van der Waals surface area (Å²) in [7, 11) is 0. The van der Waals surface area contributed by atoms with Crippen molar-refractivity contribution in [2.24, 2.45) is 0 Å². The standard InChI is InChI=1S/C7H6ClNO2/c8-5-1-4(9)2-6-7(5)11-3-10-6/h1-2H,3,9H2. The zero-order chi connectivity index (χ0) is 7.84. The Hall–Kier alpha value is -1.09. The van der Waals surface area contributed by atoms with Crippen molar-refractivity contribution in [3.8, 4) is 11.5 Å². The number of rotatable bonds is 0. The highest BCUT2D eigenvalue weighted by Crippen LogP contribution is 2.40. The van der Waals surface area contributed by atoms with Gasteiger partial charge in [-0.05, 0) is 6.07 Å². The van der Waals surface area contributed by atoms with Crippen LogP contribution in [0.15, 0.2) is 12.1 Å². The maximum atomic E-state index is 5.79. The van der Waals surface area contributed by atoms with Crippen molar-refractivity contribution in [1.82, 2.24) is 0 Å². The molecule has 0 bridgehead atoms. The number of hydrogen-bond donors (Lipinski definition) is 1. The maximum Gasteiger partial charge on any atom is 0.231 e. The smallest absolute Gasteiger partial charge is 0.231 e. The molecule has 0 aromatic heterocycles. The summed E-state index contributed by atoms with van der Waals surface area (Å²) in [5.74, 6) is 1.20. The third-order valence-corrected chi connectivity index (χ3v) is 1.73. The lowest BCUT2D eigenvalue weighted by atomic mass is 10.3. The van der Waals surface area contributed by atoms with Gasteiger partial charge >= 0.3 is 0 Å². The molecular formula is C7H6ClNO2. The molecule has 2 N–H and O–H groups in total. The van der Waals surface area contributed by atoms with Crippen LogP contribution in [0.25, 0.3) is 0 Å². The lowest BCUT2D eigenvalue weighted by Crippen LogP contribution is -1.93. The molecule has 0 amide bonds. The normalized spacial score (nSPS) is 13.5. The Morgan fingerprint density at radius 1 is 1.36 bits per heavy atom. The van der Waals surface area contributed by atoms with Crippen LogP contribution >= 0.6 is 11.6 Å². The van der Waals surface area contributed by atoms with Crippen molar-refractivity contribution in [2.75, 3.05) is 12.5 Å². The van der Waals surface area contributed by atoms with E-state index in [9.17, 15) is 0 Å². The van der Waals surface area contributed by atoms with Gasteiger partial charge in [-0.3, -0.25) is 0 Å². The van der Waals surface area contributed by atoms with E-state index in [0.717, 1.165) is 0 Å². The van der Waals surface area contributed by atoms with E-state index in [1.54, 1.807) is 12.1 Å². The summed E-state index contributed by atoms with van der Waals surface area (Å²) in [6, 6.07) is 3.32. The second-order valence-electron chi connectivity index (χ2n) is 2.24. The summed E-state index contributed by atoms with van der Waals surface area (Å²) in [6.45, 7) is 0.221. The van der Waals surface area contributed by atoms with Crippen LogP contribution in [0.4, 0.5) is 5.69 Å². The first-order chi connectivity index (χ1) is 5.27. The van der Waals surface area contributed by atoms with Gasteiger partial charge in [-0.25, -0.2) is 0 Å². The summed E-state index contributed by atoms with van der Waals surface area (Å²) in [5.41, 5.74) is 6.09. The van der Waals surface area contributed by atoms with Crippen molar-refractivity contribution < 1.29 is 9.47 Å². The van der Waals surface area contributed by atoms with E-state index in [1.165, 1.54) is 0 Å². The molecule has 4 heteroatoms. The molecule has 1 aliphatic heterocycles. The van der Waals surface area contributed by atoms with Crippen LogP contribution in [-0.4, -0.2) is 6.79 Å². The highest BCUT2D eigenvalue weighted by Gasteiger charge is 2.17. The van der Waals surface area contributed by atoms with Crippen LogP contribution < -0.4 is 15.2 Å². The molecule has 58 valence electrons. The predicted molar refractivity (Wildman–Crippen MR) is 42.0 cm³/mol.